The molecule has 7 heteroatoms. The van der Waals surface area contributed by atoms with E-state index in [-0.39, 0.29) is 5.56 Å². The number of halogens is 1. The van der Waals surface area contributed by atoms with Crippen LogP contribution < -0.4 is 5.56 Å². The minimum atomic E-state index is 0.000787. The molecule has 2 heterocycles. The van der Waals surface area contributed by atoms with Crippen LogP contribution in [-0.2, 0) is 13.1 Å². The van der Waals surface area contributed by atoms with Crippen LogP contribution in [0.4, 0.5) is 0 Å². The standard InChI is InChI=1S/C13H13BrN4OS/c1-3-17-12(11(14)13(19)18(17)4-2)8-5-6-9-10(7-8)16-20-15-9/h5-7H,3-4H2,1-2H3. The van der Waals surface area contributed by atoms with Gasteiger partial charge >= 0.3 is 0 Å². The van der Waals surface area contributed by atoms with Gasteiger partial charge in [0, 0.05) is 18.7 Å². The number of hydrogen-bond acceptors (Lipinski definition) is 4. The maximum Gasteiger partial charge on any atom is 0.281 e. The van der Waals surface area contributed by atoms with Gasteiger partial charge in [0.15, 0.2) is 0 Å². The number of nitrogens with zero attached hydrogens (tertiary/aromatic N) is 4. The van der Waals surface area contributed by atoms with Crippen molar-refractivity contribution in [2.45, 2.75) is 26.9 Å². The van der Waals surface area contributed by atoms with E-state index in [1.165, 1.54) is 11.7 Å². The summed E-state index contributed by atoms with van der Waals surface area (Å²) in [5, 5.41) is 0. The topological polar surface area (TPSA) is 52.7 Å². The normalized spacial score (nSPS) is 11.3. The van der Waals surface area contributed by atoms with Gasteiger partial charge in [-0.15, -0.1) is 0 Å². The van der Waals surface area contributed by atoms with Gasteiger partial charge in [-0.05, 0) is 41.9 Å². The molecular formula is C13H13BrN4OS. The smallest absolute Gasteiger partial charge is 0.281 e. The highest BCUT2D eigenvalue weighted by Gasteiger charge is 2.18. The Bertz CT molecular complexity index is 833. The van der Waals surface area contributed by atoms with E-state index < -0.39 is 0 Å². The fourth-order valence-corrected chi connectivity index (χ4v) is 3.56. The average Bonchev–Trinajstić information content (AvgIpc) is 3.01. The second kappa shape index (κ2) is 5.14. The molecule has 0 atom stereocenters. The van der Waals surface area contributed by atoms with Crippen molar-refractivity contribution in [1.29, 1.82) is 0 Å². The molecule has 1 aromatic carbocycles. The molecule has 0 bridgehead atoms. The molecule has 0 saturated heterocycles. The Labute approximate surface area is 128 Å². The van der Waals surface area contributed by atoms with Crippen LogP contribution >= 0.6 is 27.7 Å². The zero-order valence-electron chi connectivity index (χ0n) is 11.1. The Morgan fingerprint density at radius 2 is 1.85 bits per heavy atom. The van der Waals surface area contributed by atoms with Crippen LogP contribution in [0.15, 0.2) is 27.5 Å². The second-order valence-corrected chi connectivity index (χ2v) is 5.69. The molecular weight excluding hydrogens is 340 g/mol. The molecule has 0 N–H and O–H groups in total. The number of benzene rings is 1. The molecule has 0 aliphatic carbocycles. The maximum atomic E-state index is 12.3. The summed E-state index contributed by atoms with van der Waals surface area (Å²) in [6, 6.07) is 5.90. The lowest BCUT2D eigenvalue weighted by Crippen LogP contribution is -2.21. The number of aromatic nitrogens is 4. The Kier molecular flexibility index (Phi) is 3.47. The fourth-order valence-electron chi connectivity index (χ4n) is 2.41. The quantitative estimate of drug-likeness (QED) is 0.727. The van der Waals surface area contributed by atoms with E-state index in [0.29, 0.717) is 11.0 Å². The molecule has 0 spiro atoms. The first-order chi connectivity index (χ1) is 9.67. The maximum absolute atomic E-state index is 12.3. The summed E-state index contributed by atoms with van der Waals surface area (Å²) in [6.45, 7) is 5.38. The van der Waals surface area contributed by atoms with Gasteiger partial charge in [-0.2, -0.15) is 8.75 Å². The van der Waals surface area contributed by atoms with Crippen molar-refractivity contribution in [1.82, 2.24) is 18.1 Å². The summed E-state index contributed by atoms with van der Waals surface area (Å²) in [5.74, 6) is 0. The Hall–Kier alpha value is -1.47. The van der Waals surface area contributed by atoms with Crippen molar-refractivity contribution in [3.05, 3.63) is 33.0 Å². The summed E-state index contributed by atoms with van der Waals surface area (Å²) in [7, 11) is 0. The lowest BCUT2D eigenvalue weighted by molar-refractivity contribution is 0.481. The molecule has 0 fully saturated rings. The Morgan fingerprint density at radius 1 is 1.15 bits per heavy atom. The zero-order valence-corrected chi connectivity index (χ0v) is 13.5. The molecule has 0 unspecified atom stereocenters. The highest BCUT2D eigenvalue weighted by atomic mass is 79.9. The van der Waals surface area contributed by atoms with Crippen LogP contribution in [0.1, 0.15) is 13.8 Å². The third kappa shape index (κ3) is 1.92. The molecule has 0 amide bonds. The Balaban J connectivity index is 2.30. The minimum absolute atomic E-state index is 0.000787. The monoisotopic (exact) mass is 352 g/mol. The van der Waals surface area contributed by atoms with E-state index in [0.717, 1.165) is 28.8 Å². The van der Waals surface area contributed by atoms with Gasteiger partial charge in [0.2, 0.25) is 0 Å². The van der Waals surface area contributed by atoms with Crippen molar-refractivity contribution in [3.8, 4) is 11.3 Å². The Morgan fingerprint density at radius 3 is 2.55 bits per heavy atom. The molecule has 0 radical (unpaired) electrons. The van der Waals surface area contributed by atoms with Crippen molar-refractivity contribution in [3.63, 3.8) is 0 Å². The van der Waals surface area contributed by atoms with E-state index in [9.17, 15) is 4.79 Å². The van der Waals surface area contributed by atoms with Crippen molar-refractivity contribution < 1.29 is 0 Å². The highest BCUT2D eigenvalue weighted by molar-refractivity contribution is 9.10. The minimum Gasteiger partial charge on any atom is -0.281 e. The predicted octanol–water partition coefficient (Wildman–Crippen LogP) is 3.12. The number of hydrogen-bond donors (Lipinski definition) is 0. The first-order valence-electron chi connectivity index (χ1n) is 6.39. The van der Waals surface area contributed by atoms with Gasteiger partial charge in [-0.25, -0.2) is 4.68 Å². The van der Waals surface area contributed by atoms with E-state index in [1.807, 2.05) is 36.7 Å². The fraction of sp³-hybridized carbons (Fsp3) is 0.308. The lowest BCUT2D eigenvalue weighted by Gasteiger charge is -2.11. The summed E-state index contributed by atoms with van der Waals surface area (Å²) in [5.41, 5.74) is 3.62. The summed E-state index contributed by atoms with van der Waals surface area (Å²) in [4.78, 5) is 12.3. The average molecular weight is 353 g/mol. The zero-order chi connectivity index (χ0) is 14.3. The highest BCUT2D eigenvalue weighted by Crippen LogP contribution is 2.28. The van der Waals surface area contributed by atoms with Gasteiger partial charge in [-0.3, -0.25) is 9.48 Å². The van der Waals surface area contributed by atoms with Crippen molar-refractivity contribution >= 4 is 38.7 Å². The number of rotatable bonds is 3. The van der Waals surface area contributed by atoms with Gasteiger partial charge in [-0.1, -0.05) is 6.07 Å². The van der Waals surface area contributed by atoms with Crippen LogP contribution in [-0.4, -0.2) is 18.1 Å². The van der Waals surface area contributed by atoms with Crippen LogP contribution in [0.2, 0.25) is 0 Å². The lowest BCUT2D eigenvalue weighted by atomic mass is 10.1. The van der Waals surface area contributed by atoms with Crippen LogP contribution in [0, 0.1) is 0 Å². The first-order valence-corrected chi connectivity index (χ1v) is 7.91. The largest absolute Gasteiger partial charge is 0.281 e. The first kappa shape index (κ1) is 13.5. The van der Waals surface area contributed by atoms with E-state index in [4.69, 9.17) is 0 Å². The van der Waals surface area contributed by atoms with E-state index in [2.05, 4.69) is 24.7 Å². The molecule has 104 valence electrons. The van der Waals surface area contributed by atoms with Crippen LogP contribution in [0.25, 0.3) is 22.3 Å². The molecule has 3 rings (SSSR count). The van der Waals surface area contributed by atoms with Gasteiger partial charge < -0.3 is 0 Å². The molecule has 5 nitrogen and oxygen atoms in total. The van der Waals surface area contributed by atoms with Crippen LogP contribution in [0.5, 0.6) is 0 Å². The second-order valence-electron chi connectivity index (χ2n) is 4.37. The molecule has 3 aromatic rings. The summed E-state index contributed by atoms with van der Waals surface area (Å²) < 4.78 is 12.8. The molecule has 20 heavy (non-hydrogen) atoms. The van der Waals surface area contributed by atoms with Gasteiger partial charge in [0.05, 0.1) is 17.4 Å². The predicted molar refractivity (Wildman–Crippen MR) is 84.1 cm³/mol. The molecule has 0 saturated carbocycles. The van der Waals surface area contributed by atoms with Crippen LogP contribution in [0.3, 0.4) is 0 Å². The van der Waals surface area contributed by atoms with Crippen molar-refractivity contribution in [2.75, 3.05) is 0 Å². The molecule has 2 aromatic heterocycles. The number of fused-ring (bicyclic) bond motifs is 1. The van der Waals surface area contributed by atoms with Crippen molar-refractivity contribution in [2.24, 2.45) is 0 Å². The molecule has 0 aliphatic rings. The summed E-state index contributed by atoms with van der Waals surface area (Å²) in [6.07, 6.45) is 0. The third-order valence-electron chi connectivity index (χ3n) is 3.31. The third-order valence-corrected chi connectivity index (χ3v) is 4.58. The van der Waals surface area contributed by atoms with E-state index in [1.54, 1.807) is 4.68 Å². The summed E-state index contributed by atoms with van der Waals surface area (Å²) >= 11 is 4.64. The molecule has 0 aliphatic heterocycles. The van der Waals surface area contributed by atoms with E-state index >= 15 is 0 Å². The van der Waals surface area contributed by atoms with Gasteiger partial charge in [0.1, 0.15) is 15.5 Å². The van der Waals surface area contributed by atoms with Gasteiger partial charge in [0.25, 0.3) is 5.56 Å². The SMILES string of the molecule is CCn1c(-c2ccc3nsnc3c2)c(Br)c(=O)n1CC.